The number of hydrogen-bond acceptors (Lipinski definition) is 4. The molecule has 0 unspecified atom stereocenters. The molecule has 0 saturated carbocycles. The second-order valence-corrected chi connectivity index (χ2v) is 4.70. The van der Waals surface area contributed by atoms with Gasteiger partial charge in [0.05, 0.1) is 12.2 Å². The van der Waals surface area contributed by atoms with E-state index in [2.05, 4.69) is 22.3 Å². The maximum absolute atomic E-state index is 9.00. The smallest absolute Gasteiger partial charge is 0.168 e. The highest BCUT2D eigenvalue weighted by atomic mass is 16.5. The summed E-state index contributed by atoms with van der Waals surface area (Å²) in [6.07, 6.45) is 2.68. The van der Waals surface area contributed by atoms with E-state index in [0.29, 0.717) is 5.56 Å². The summed E-state index contributed by atoms with van der Waals surface area (Å²) in [4.78, 5) is 0. The summed E-state index contributed by atoms with van der Waals surface area (Å²) >= 11 is 0. The summed E-state index contributed by atoms with van der Waals surface area (Å²) in [5, 5.41) is 17.4. The van der Waals surface area contributed by atoms with Crippen LogP contribution in [0.1, 0.15) is 11.1 Å². The lowest BCUT2D eigenvalue weighted by Gasteiger charge is -2.03. The Bertz CT molecular complexity index is 860. The van der Waals surface area contributed by atoms with Crippen molar-refractivity contribution in [3.05, 3.63) is 47.7 Å². The number of benzene rings is 1. The monoisotopic (exact) mass is 262 g/mol. The molecular formula is C15H10N4O. The second kappa shape index (κ2) is 4.07. The highest BCUT2D eigenvalue weighted by Crippen LogP contribution is 2.29. The van der Waals surface area contributed by atoms with Crippen LogP contribution in [0.15, 0.2) is 36.5 Å². The van der Waals surface area contributed by atoms with E-state index in [9.17, 15) is 0 Å². The molecule has 0 radical (unpaired) electrons. The normalized spacial score (nSPS) is 12.9. The number of ether oxygens (including phenoxy) is 1. The van der Waals surface area contributed by atoms with Gasteiger partial charge in [0.2, 0.25) is 0 Å². The quantitative estimate of drug-likeness (QED) is 0.674. The molecule has 0 spiro atoms. The van der Waals surface area contributed by atoms with Crippen molar-refractivity contribution < 1.29 is 4.74 Å². The number of fused-ring (bicyclic) bond motifs is 2. The van der Waals surface area contributed by atoms with Crippen molar-refractivity contribution in [3.8, 4) is 23.2 Å². The molecule has 2 aromatic heterocycles. The first-order valence-corrected chi connectivity index (χ1v) is 6.36. The van der Waals surface area contributed by atoms with Gasteiger partial charge in [0.15, 0.2) is 11.5 Å². The predicted octanol–water partition coefficient (Wildman–Crippen LogP) is 2.20. The lowest BCUT2D eigenvalue weighted by molar-refractivity contribution is 0.357. The largest absolute Gasteiger partial charge is 0.493 e. The Labute approximate surface area is 115 Å². The second-order valence-electron chi connectivity index (χ2n) is 4.70. The number of pyridine rings is 1. The third-order valence-corrected chi connectivity index (χ3v) is 3.48. The van der Waals surface area contributed by atoms with Gasteiger partial charge in [0, 0.05) is 18.2 Å². The molecule has 1 aliphatic rings. The van der Waals surface area contributed by atoms with Gasteiger partial charge in [-0.05, 0) is 35.9 Å². The topological polar surface area (TPSA) is 63.2 Å². The van der Waals surface area contributed by atoms with Crippen LogP contribution in [0.3, 0.4) is 0 Å². The Morgan fingerprint density at radius 3 is 3.05 bits per heavy atom. The molecule has 0 atom stereocenters. The molecule has 5 nitrogen and oxygen atoms in total. The lowest BCUT2D eigenvalue weighted by Crippen LogP contribution is -1.91. The molecular weight excluding hydrogens is 252 g/mol. The van der Waals surface area contributed by atoms with Gasteiger partial charge in [-0.3, -0.25) is 4.40 Å². The molecule has 0 fully saturated rings. The van der Waals surface area contributed by atoms with Crippen molar-refractivity contribution >= 4 is 5.65 Å². The van der Waals surface area contributed by atoms with Crippen LogP contribution in [0.5, 0.6) is 5.75 Å². The van der Waals surface area contributed by atoms with Gasteiger partial charge in [-0.1, -0.05) is 0 Å². The first kappa shape index (κ1) is 11.0. The Morgan fingerprint density at radius 2 is 2.15 bits per heavy atom. The highest BCUT2D eigenvalue weighted by molar-refractivity contribution is 5.63. The first-order valence-electron chi connectivity index (χ1n) is 6.36. The predicted molar refractivity (Wildman–Crippen MR) is 72.3 cm³/mol. The molecule has 96 valence electrons. The fourth-order valence-electron chi connectivity index (χ4n) is 2.48. The molecule has 5 heteroatoms. The summed E-state index contributed by atoms with van der Waals surface area (Å²) < 4.78 is 7.35. The van der Waals surface area contributed by atoms with Gasteiger partial charge >= 0.3 is 0 Å². The number of aromatic nitrogens is 3. The fraction of sp³-hybridized carbons (Fsp3) is 0.133. The van der Waals surface area contributed by atoms with Crippen molar-refractivity contribution in [2.45, 2.75) is 6.42 Å². The summed E-state index contributed by atoms with van der Waals surface area (Å²) in [5.41, 5.74) is 3.49. The van der Waals surface area contributed by atoms with Crippen LogP contribution in [-0.2, 0) is 6.42 Å². The fourth-order valence-corrected chi connectivity index (χ4v) is 2.48. The van der Waals surface area contributed by atoms with Crippen molar-refractivity contribution in [2.24, 2.45) is 0 Å². The summed E-state index contributed by atoms with van der Waals surface area (Å²) in [6, 6.07) is 11.7. The van der Waals surface area contributed by atoms with Crippen LogP contribution >= 0.6 is 0 Å². The van der Waals surface area contributed by atoms with E-state index in [1.165, 1.54) is 5.56 Å². The van der Waals surface area contributed by atoms with E-state index in [4.69, 9.17) is 10.00 Å². The standard InChI is InChI=1S/C15H10N4O/c16-8-10-1-4-14-17-18-15(19(14)9-10)12-2-3-13-11(7-12)5-6-20-13/h1-4,7,9H,5-6H2. The van der Waals surface area contributed by atoms with Crippen LogP contribution in [0.4, 0.5) is 0 Å². The Balaban J connectivity index is 1.92. The molecule has 0 N–H and O–H groups in total. The van der Waals surface area contributed by atoms with Gasteiger partial charge in [-0.15, -0.1) is 10.2 Å². The van der Waals surface area contributed by atoms with E-state index < -0.39 is 0 Å². The zero-order valence-electron chi connectivity index (χ0n) is 10.6. The Morgan fingerprint density at radius 1 is 1.20 bits per heavy atom. The van der Waals surface area contributed by atoms with E-state index in [-0.39, 0.29) is 0 Å². The Kier molecular flexibility index (Phi) is 2.24. The van der Waals surface area contributed by atoms with Crippen LogP contribution in [0.25, 0.3) is 17.0 Å². The lowest BCUT2D eigenvalue weighted by atomic mass is 10.1. The van der Waals surface area contributed by atoms with E-state index in [1.54, 1.807) is 18.3 Å². The zero-order valence-corrected chi connectivity index (χ0v) is 10.6. The molecule has 0 aliphatic carbocycles. The average Bonchev–Trinajstić information content (AvgIpc) is 3.11. The van der Waals surface area contributed by atoms with Crippen LogP contribution in [0, 0.1) is 11.3 Å². The molecule has 4 rings (SSSR count). The molecule has 0 amide bonds. The summed E-state index contributed by atoms with van der Waals surface area (Å²) in [5.74, 6) is 1.69. The molecule has 3 heterocycles. The molecule has 0 saturated heterocycles. The van der Waals surface area contributed by atoms with Crippen molar-refractivity contribution in [3.63, 3.8) is 0 Å². The third kappa shape index (κ3) is 1.55. The van der Waals surface area contributed by atoms with Crippen molar-refractivity contribution in [2.75, 3.05) is 6.61 Å². The Hall–Kier alpha value is -2.87. The zero-order chi connectivity index (χ0) is 13.5. The molecule has 1 aliphatic heterocycles. The minimum Gasteiger partial charge on any atom is -0.493 e. The van der Waals surface area contributed by atoms with Crippen molar-refractivity contribution in [1.82, 2.24) is 14.6 Å². The number of rotatable bonds is 1. The maximum Gasteiger partial charge on any atom is 0.168 e. The molecule has 3 aromatic rings. The SMILES string of the molecule is N#Cc1ccc2nnc(-c3ccc4c(c3)CCO4)n2c1. The molecule has 20 heavy (non-hydrogen) atoms. The van der Waals surface area contributed by atoms with Crippen LogP contribution < -0.4 is 4.74 Å². The summed E-state index contributed by atoms with van der Waals surface area (Å²) in [6.45, 7) is 0.734. The van der Waals surface area contributed by atoms with E-state index >= 15 is 0 Å². The number of nitriles is 1. The van der Waals surface area contributed by atoms with Gasteiger partial charge in [-0.25, -0.2) is 0 Å². The number of hydrogen-bond donors (Lipinski definition) is 0. The van der Waals surface area contributed by atoms with E-state index in [1.807, 2.05) is 16.5 Å². The average molecular weight is 262 g/mol. The summed E-state index contributed by atoms with van der Waals surface area (Å²) in [7, 11) is 0. The van der Waals surface area contributed by atoms with Gasteiger partial charge in [0.25, 0.3) is 0 Å². The highest BCUT2D eigenvalue weighted by Gasteiger charge is 2.15. The minimum atomic E-state index is 0.586. The van der Waals surface area contributed by atoms with E-state index in [0.717, 1.165) is 35.8 Å². The van der Waals surface area contributed by atoms with Gasteiger partial charge in [0.1, 0.15) is 11.8 Å². The molecule has 0 bridgehead atoms. The third-order valence-electron chi connectivity index (χ3n) is 3.48. The van der Waals surface area contributed by atoms with Crippen LogP contribution in [0.2, 0.25) is 0 Å². The number of nitrogens with zero attached hydrogens (tertiary/aromatic N) is 4. The minimum absolute atomic E-state index is 0.586. The van der Waals surface area contributed by atoms with Gasteiger partial charge in [-0.2, -0.15) is 5.26 Å². The maximum atomic E-state index is 9.00. The first-order chi connectivity index (χ1) is 9.85. The van der Waals surface area contributed by atoms with Gasteiger partial charge < -0.3 is 4.74 Å². The van der Waals surface area contributed by atoms with Crippen molar-refractivity contribution in [1.29, 1.82) is 5.26 Å². The molecule has 1 aromatic carbocycles. The van der Waals surface area contributed by atoms with Crippen LogP contribution in [-0.4, -0.2) is 21.2 Å².